The number of aryl methyl sites for hydroxylation is 2. The summed E-state index contributed by atoms with van der Waals surface area (Å²) >= 11 is 0. The zero-order chi connectivity index (χ0) is 18.8. The first-order valence-electron chi connectivity index (χ1n) is 9.14. The summed E-state index contributed by atoms with van der Waals surface area (Å²) in [6.45, 7) is 8.71. The van der Waals surface area contributed by atoms with Gasteiger partial charge in [-0.2, -0.15) is 0 Å². The minimum Gasteiger partial charge on any atom is -0.324 e. The summed E-state index contributed by atoms with van der Waals surface area (Å²) in [5.74, 6) is 0.131. The first-order chi connectivity index (χ1) is 12.4. The Balaban J connectivity index is 1.83. The smallest absolute Gasteiger partial charge is 0.255 e. The van der Waals surface area contributed by atoms with Gasteiger partial charge >= 0.3 is 0 Å². The van der Waals surface area contributed by atoms with Crippen molar-refractivity contribution in [1.29, 1.82) is 0 Å². The van der Waals surface area contributed by atoms with Gasteiger partial charge in [0.25, 0.3) is 5.91 Å². The molecular weight excluding hydrogens is 324 g/mol. The van der Waals surface area contributed by atoms with E-state index in [4.69, 9.17) is 0 Å². The summed E-state index contributed by atoms with van der Waals surface area (Å²) in [4.78, 5) is 27.6. The Morgan fingerprint density at radius 1 is 1.12 bits per heavy atom. The van der Waals surface area contributed by atoms with Crippen molar-refractivity contribution in [3.63, 3.8) is 0 Å². The van der Waals surface area contributed by atoms with E-state index in [-0.39, 0.29) is 11.8 Å². The summed E-state index contributed by atoms with van der Waals surface area (Å²) in [5, 5.41) is 3.01. The minimum absolute atomic E-state index is 0.0542. The average Bonchev–Trinajstić information content (AvgIpc) is 2.93. The number of hydrogen-bond acceptors (Lipinski definition) is 2. The maximum atomic E-state index is 13.0. The lowest BCUT2D eigenvalue weighted by Crippen LogP contribution is -2.45. The molecule has 0 fully saturated rings. The van der Waals surface area contributed by atoms with E-state index < -0.39 is 6.04 Å². The van der Waals surface area contributed by atoms with Crippen molar-refractivity contribution in [3.8, 4) is 0 Å². The highest BCUT2D eigenvalue weighted by atomic mass is 16.2. The van der Waals surface area contributed by atoms with Crippen LogP contribution in [0.5, 0.6) is 0 Å². The number of carbonyl (C=O) groups excluding carboxylic acids is 2. The van der Waals surface area contributed by atoms with E-state index in [1.54, 1.807) is 4.90 Å². The molecule has 0 radical (unpaired) electrons. The third-order valence-corrected chi connectivity index (χ3v) is 5.00. The Morgan fingerprint density at radius 3 is 2.50 bits per heavy atom. The lowest BCUT2D eigenvalue weighted by Gasteiger charge is -2.28. The number of fused-ring (bicyclic) bond motifs is 1. The Hall–Kier alpha value is -2.62. The molecule has 0 spiro atoms. The number of nitrogens with one attached hydrogen (secondary N) is 1. The zero-order valence-electron chi connectivity index (χ0n) is 15.9. The first-order valence-corrected chi connectivity index (χ1v) is 9.14. The molecule has 2 aromatic rings. The second-order valence-electron chi connectivity index (χ2n) is 7.52. The quantitative estimate of drug-likeness (QED) is 0.873. The Bertz CT molecular complexity index is 842. The van der Waals surface area contributed by atoms with Crippen molar-refractivity contribution in [1.82, 2.24) is 4.90 Å². The van der Waals surface area contributed by atoms with Crippen molar-refractivity contribution in [3.05, 3.63) is 64.7 Å². The molecule has 0 aromatic heterocycles. The molecule has 3 rings (SSSR count). The highest BCUT2D eigenvalue weighted by Crippen LogP contribution is 2.27. The molecule has 136 valence electrons. The van der Waals surface area contributed by atoms with Gasteiger partial charge in [0.2, 0.25) is 5.91 Å². The van der Waals surface area contributed by atoms with Gasteiger partial charge in [-0.15, -0.1) is 0 Å². The summed E-state index contributed by atoms with van der Waals surface area (Å²) in [6.07, 6.45) is 0.635. The molecule has 0 saturated carbocycles. The van der Waals surface area contributed by atoms with E-state index >= 15 is 0 Å². The molecule has 1 atom stereocenters. The topological polar surface area (TPSA) is 49.4 Å². The molecule has 1 unspecified atom stereocenters. The van der Waals surface area contributed by atoms with Crippen LogP contribution in [0.15, 0.2) is 42.5 Å². The standard InChI is InChI=1S/C22H26N2O2/c1-14(2)11-20(21(25)23-18-10-9-15(3)16(4)12-18)24-13-17-7-5-6-8-19(17)22(24)26/h5-10,12,14,20H,11,13H2,1-4H3,(H,23,25). The number of carbonyl (C=O) groups is 2. The summed E-state index contributed by atoms with van der Waals surface area (Å²) in [6, 6.07) is 13.0. The van der Waals surface area contributed by atoms with Gasteiger partial charge in [-0.25, -0.2) is 0 Å². The molecule has 1 aliphatic rings. The third kappa shape index (κ3) is 3.64. The second kappa shape index (κ2) is 7.32. The fraction of sp³-hybridized carbons (Fsp3) is 0.364. The molecule has 0 bridgehead atoms. The minimum atomic E-state index is -0.475. The average molecular weight is 350 g/mol. The highest BCUT2D eigenvalue weighted by molar-refractivity contribution is 6.03. The lowest BCUT2D eigenvalue weighted by atomic mass is 10.0. The number of anilines is 1. The maximum Gasteiger partial charge on any atom is 0.255 e. The van der Waals surface area contributed by atoms with Gasteiger partial charge in [-0.1, -0.05) is 38.1 Å². The van der Waals surface area contributed by atoms with Crippen molar-refractivity contribution in [2.24, 2.45) is 5.92 Å². The predicted molar refractivity (Wildman–Crippen MR) is 104 cm³/mol. The molecule has 4 nitrogen and oxygen atoms in total. The Morgan fingerprint density at radius 2 is 1.85 bits per heavy atom. The van der Waals surface area contributed by atoms with Gasteiger partial charge in [-0.3, -0.25) is 9.59 Å². The first kappa shape index (κ1) is 18.2. The Kier molecular flexibility index (Phi) is 5.12. The van der Waals surface area contributed by atoms with Crippen molar-refractivity contribution < 1.29 is 9.59 Å². The predicted octanol–water partition coefficient (Wildman–Crippen LogP) is 4.31. The zero-order valence-corrected chi connectivity index (χ0v) is 15.9. The number of benzene rings is 2. The lowest BCUT2D eigenvalue weighted by molar-refractivity contribution is -0.121. The van der Waals surface area contributed by atoms with Crippen LogP contribution in [0.2, 0.25) is 0 Å². The van der Waals surface area contributed by atoms with E-state index in [1.807, 2.05) is 56.3 Å². The molecule has 0 saturated heterocycles. The Labute approximate surface area is 155 Å². The van der Waals surface area contributed by atoms with E-state index in [2.05, 4.69) is 19.2 Å². The summed E-state index contributed by atoms with van der Waals surface area (Å²) in [5.41, 5.74) is 4.79. The van der Waals surface area contributed by atoms with Gasteiger partial charge < -0.3 is 10.2 Å². The van der Waals surface area contributed by atoms with Crippen LogP contribution in [0.25, 0.3) is 0 Å². The van der Waals surface area contributed by atoms with Gasteiger partial charge in [0.05, 0.1) is 0 Å². The summed E-state index contributed by atoms with van der Waals surface area (Å²) < 4.78 is 0. The number of amides is 2. The van der Waals surface area contributed by atoms with Crippen LogP contribution in [-0.2, 0) is 11.3 Å². The van der Waals surface area contributed by atoms with E-state index in [9.17, 15) is 9.59 Å². The molecule has 1 heterocycles. The van der Waals surface area contributed by atoms with Gasteiger partial charge in [-0.05, 0) is 61.1 Å². The number of nitrogens with zero attached hydrogens (tertiary/aromatic N) is 1. The van der Waals surface area contributed by atoms with Gasteiger partial charge in [0, 0.05) is 17.8 Å². The fourth-order valence-electron chi connectivity index (χ4n) is 3.40. The molecule has 2 aromatic carbocycles. The summed E-state index contributed by atoms with van der Waals surface area (Å²) in [7, 11) is 0. The SMILES string of the molecule is Cc1ccc(NC(=O)C(CC(C)C)N2Cc3ccccc3C2=O)cc1C. The molecular formula is C22H26N2O2. The largest absolute Gasteiger partial charge is 0.324 e. The van der Waals surface area contributed by atoms with Crippen LogP contribution in [0.4, 0.5) is 5.69 Å². The van der Waals surface area contributed by atoms with Crippen molar-refractivity contribution in [2.75, 3.05) is 5.32 Å². The fourth-order valence-corrected chi connectivity index (χ4v) is 3.40. The van der Waals surface area contributed by atoms with Crippen LogP contribution < -0.4 is 5.32 Å². The van der Waals surface area contributed by atoms with Crippen molar-refractivity contribution >= 4 is 17.5 Å². The molecule has 1 N–H and O–H groups in total. The molecule has 4 heteroatoms. The normalized spacial score (nSPS) is 14.5. The van der Waals surface area contributed by atoms with Crippen LogP contribution in [-0.4, -0.2) is 22.8 Å². The maximum absolute atomic E-state index is 13.0. The highest BCUT2D eigenvalue weighted by Gasteiger charge is 2.36. The van der Waals surface area contributed by atoms with Crippen LogP contribution in [0, 0.1) is 19.8 Å². The number of hydrogen-bond donors (Lipinski definition) is 1. The number of rotatable bonds is 5. The van der Waals surface area contributed by atoms with Crippen LogP contribution in [0.3, 0.4) is 0 Å². The molecule has 2 amide bonds. The van der Waals surface area contributed by atoms with Crippen LogP contribution >= 0.6 is 0 Å². The van der Waals surface area contributed by atoms with E-state index in [1.165, 1.54) is 5.56 Å². The third-order valence-electron chi connectivity index (χ3n) is 5.00. The van der Waals surface area contributed by atoms with Crippen molar-refractivity contribution in [2.45, 2.75) is 46.7 Å². The van der Waals surface area contributed by atoms with Gasteiger partial charge in [0.15, 0.2) is 0 Å². The van der Waals surface area contributed by atoms with E-state index in [0.29, 0.717) is 24.4 Å². The van der Waals surface area contributed by atoms with Crippen LogP contribution in [0.1, 0.15) is 47.3 Å². The molecule has 1 aliphatic heterocycles. The monoisotopic (exact) mass is 350 g/mol. The van der Waals surface area contributed by atoms with Gasteiger partial charge in [0.1, 0.15) is 6.04 Å². The molecule has 0 aliphatic carbocycles. The second-order valence-corrected chi connectivity index (χ2v) is 7.52. The molecule has 26 heavy (non-hydrogen) atoms. The van der Waals surface area contributed by atoms with E-state index in [0.717, 1.165) is 16.8 Å².